The molecule has 7 heteroatoms. The standard InChI is InChI=1S/C26H30N2O4S/c1-6-23(20-11-14-24(32-5)19(4)15-20)27-26(29)21-10-9-18(3)25(16-21)33(30,31)28-22-12-7-17(2)8-13-22/h7-16,23,28H,6H2,1-5H3,(H,27,29)/t23-/m1/s1. The van der Waals surface area contributed by atoms with Crippen LogP contribution in [0.1, 0.15) is 52.0 Å². The van der Waals surface area contributed by atoms with E-state index in [1.54, 1.807) is 38.3 Å². The minimum absolute atomic E-state index is 0.0732. The Bertz CT molecular complexity index is 1250. The molecule has 0 aromatic heterocycles. The van der Waals surface area contributed by atoms with Gasteiger partial charge in [-0.25, -0.2) is 8.42 Å². The number of methoxy groups -OCH3 is 1. The molecule has 0 fully saturated rings. The number of carbonyl (C=O) groups excluding carboxylic acids is 1. The zero-order valence-corrected chi connectivity index (χ0v) is 20.4. The summed E-state index contributed by atoms with van der Waals surface area (Å²) in [6.07, 6.45) is 0.684. The lowest BCUT2D eigenvalue weighted by molar-refractivity contribution is 0.0935. The van der Waals surface area contributed by atoms with Crippen molar-refractivity contribution in [3.63, 3.8) is 0 Å². The van der Waals surface area contributed by atoms with Gasteiger partial charge in [-0.05, 0) is 74.2 Å². The Morgan fingerprint density at radius 3 is 2.24 bits per heavy atom. The van der Waals surface area contributed by atoms with E-state index in [9.17, 15) is 13.2 Å². The molecule has 0 unspecified atom stereocenters. The van der Waals surface area contributed by atoms with Crippen molar-refractivity contribution in [1.82, 2.24) is 5.32 Å². The highest BCUT2D eigenvalue weighted by Crippen LogP contribution is 2.25. The second-order valence-corrected chi connectivity index (χ2v) is 9.77. The number of benzene rings is 3. The molecular formula is C26H30N2O4S. The van der Waals surface area contributed by atoms with Crippen molar-refractivity contribution in [3.05, 3.63) is 88.5 Å². The molecule has 2 N–H and O–H groups in total. The number of ether oxygens (including phenoxy) is 1. The Morgan fingerprint density at radius 1 is 0.939 bits per heavy atom. The Balaban J connectivity index is 1.84. The van der Waals surface area contributed by atoms with Crippen LogP contribution in [0.3, 0.4) is 0 Å². The van der Waals surface area contributed by atoms with E-state index in [0.29, 0.717) is 17.7 Å². The molecule has 3 aromatic carbocycles. The Labute approximate surface area is 196 Å². The normalized spacial score (nSPS) is 12.2. The summed E-state index contributed by atoms with van der Waals surface area (Å²) in [5.41, 5.74) is 4.29. The van der Waals surface area contributed by atoms with Crippen molar-refractivity contribution in [1.29, 1.82) is 0 Å². The summed E-state index contributed by atoms with van der Waals surface area (Å²) in [4.78, 5) is 13.1. The molecule has 33 heavy (non-hydrogen) atoms. The summed E-state index contributed by atoms with van der Waals surface area (Å²) in [5.74, 6) is 0.455. The number of hydrogen-bond donors (Lipinski definition) is 2. The van der Waals surface area contributed by atoms with Crippen LogP contribution in [-0.2, 0) is 10.0 Å². The van der Waals surface area contributed by atoms with Crippen molar-refractivity contribution in [3.8, 4) is 5.75 Å². The van der Waals surface area contributed by atoms with Crippen LogP contribution in [0.2, 0.25) is 0 Å². The first-order chi connectivity index (χ1) is 15.6. The van der Waals surface area contributed by atoms with E-state index in [4.69, 9.17) is 4.74 Å². The maximum atomic E-state index is 13.0. The summed E-state index contributed by atoms with van der Waals surface area (Å²) < 4.78 is 34.0. The van der Waals surface area contributed by atoms with Crippen molar-refractivity contribution in [2.75, 3.05) is 11.8 Å². The van der Waals surface area contributed by atoms with Gasteiger partial charge < -0.3 is 10.1 Å². The van der Waals surface area contributed by atoms with Crippen LogP contribution >= 0.6 is 0 Å². The number of aryl methyl sites for hydroxylation is 3. The zero-order chi connectivity index (χ0) is 24.2. The predicted molar refractivity (Wildman–Crippen MR) is 131 cm³/mol. The zero-order valence-electron chi connectivity index (χ0n) is 19.6. The van der Waals surface area contributed by atoms with Crippen molar-refractivity contribution in [2.24, 2.45) is 0 Å². The van der Waals surface area contributed by atoms with Crippen LogP contribution in [-0.4, -0.2) is 21.4 Å². The molecular weight excluding hydrogens is 436 g/mol. The quantitative estimate of drug-likeness (QED) is 0.472. The molecule has 0 radical (unpaired) electrons. The minimum Gasteiger partial charge on any atom is -0.496 e. The highest BCUT2D eigenvalue weighted by atomic mass is 32.2. The lowest BCUT2D eigenvalue weighted by atomic mass is 10.0. The summed E-state index contributed by atoms with van der Waals surface area (Å²) in [6, 6.07) is 17.4. The SMILES string of the molecule is CC[C@@H](NC(=O)c1ccc(C)c(S(=O)(=O)Nc2ccc(C)cc2)c1)c1ccc(OC)c(C)c1. The van der Waals surface area contributed by atoms with Gasteiger partial charge in [-0.15, -0.1) is 0 Å². The van der Waals surface area contributed by atoms with Crippen molar-refractivity contribution >= 4 is 21.6 Å². The van der Waals surface area contributed by atoms with Gasteiger partial charge in [-0.3, -0.25) is 9.52 Å². The van der Waals surface area contributed by atoms with Crippen molar-refractivity contribution < 1.29 is 17.9 Å². The highest BCUT2D eigenvalue weighted by molar-refractivity contribution is 7.92. The molecule has 0 heterocycles. The number of rotatable bonds is 8. The smallest absolute Gasteiger partial charge is 0.262 e. The third kappa shape index (κ3) is 5.73. The third-order valence-corrected chi connectivity index (χ3v) is 7.10. The van der Waals surface area contributed by atoms with Crippen LogP contribution in [0, 0.1) is 20.8 Å². The van der Waals surface area contributed by atoms with Crippen LogP contribution in [0.4, 0.5) is 5.69 Å². The van der Waals surface area contributed by atoms with E-state index in [1.165, 1.54) is 6.07 Å². The fraction of sp³-hybridized carbons (Fsp3) is 0.269. The van der Waals surface area contributed by atoms with Gasteiger partial charge in [-0.2, -0.15) is 0 Å². The molecule has 0 saturated heterocycles. The highest BCUT2D eigenvalue weighted by Gasteiger charge is 2.21. The van der Waals surface area contributed by atoms with E-state index < -0.39 is 10.0 Å². The number of hydrogen-bond acceptors (Lipinski definition) is 4. The molecule has 1 atom stereocenters. The van der Waals surface area contributed by atoms with E-state index in [-0.39, 0.29) is 22.4 Å². The van der Waals surface area contributed by atoms with Gasteiger partial charge in [0.2, 0.25) is 0 Å². The van der Waals surface area contributed by atoms with Crippen LogP contribution < -0.4 is 14.8 Å². The first-order valence-electron chi connectivity index (χ1n) is 10.8. The second-order valence-electron chi connectivity index (χ2n) is 8.12. The number of carbonyl (C=O) groups is 1. The Morgan fingerprint density at radius 2 is 1.64 bits per heavy atom. The van der Waals surface area contributed by atoms with E-state index in [0.717, 1.165) is 22.4 Å². The molecule has 0 spiro atoms. The number of nitrogens with one attached hydrogen (secondary N) is 2. The molecule has 1 amide bonds. The molecule has 3 rings (SSSR count). The van der Waals surface area contributed by atoms with Gasteiger partial charge in [0, 0.05) is 11.3 Å². The summed E-state index contributed by atoms with van der Waals surface area (Å²) in [6.45, 7) is 7.58. The average molecular weight is 467 g/mol. The van der Waals surface area contributed by atoms with E-state index in [1.807, 2.05) is 51.1 Å². The van der Waals surface area contributed by atoms with Gasteiger partial charge in [0.15, 0.2) is 0 Å². The molecule has 6 nitrogen and oxygen atoms in total. The second kappa shape index (κ2) is 10.1. The number of sulfonamides is 1. The summed E-state index contributed by atoms with van der Waals surface area (Å²) in [5, 5.41) is 3.02. The van der Waals surface area contributed by atoms with E-state index in [2.05, 4.69) is 10.0 Å². The lowest BCUT2D eigenvalue weighted by Crippen LogP contribution is -2.28. The minimum atomic E-state index is -3.86. The summed E-state index contributed by atoms with van der Waals surface area (Å²) in [7, 11) is -2.23. The molecule has 0 bridgehead atoms. The van der Waals surface area contributed by atoms with Crippen molar-refractivity contribution in [2.45, 2.75) is 45.1 Å². The molecule has 3 aromatic rings. The number of anilines is 1. The summed E-state index contributed by atoms with van der Waals surface area (Å²) >= 11 is 0. The van der Waals surface area contributed by atoms with Gasteiger partial charge in [0.1, 0.15) is 5.75 Å². The lowest BCUT2D eigenvalue weighted by Gasteiger charge is -2.19. The monoisotopic (exact) mass is 466 g/mol. The Hall–Kier alpha value is -3.32. The van der Waals surface area contributed by atoms with Gasteiger partial charge in [0.25, 0.3) is 15.9 Å². The molecule has 0 aliphatic rings. The maximum absolute atomic E-state index is 13.0. The molecule has 0 saturated carbocycles. The molecule has 174 valence electrons. The van der Waals surface area contributed by atoms with Crippen LogP contribution in [0.25, 0.3) is 0 Å². The van der Waals surface area contributed by atoms with Crippen LogP contribution in [0.5, 0.6) is 5.75 Å². The van der Waals surface area contributed by atoms with Gasteiger partial charge in [-0.1, -0.05) is 42.8 Å². The average Bonchev–Trinajstić information content (AvgIpc) is 2.78. The van der Waals surface area contributed by atoms with Gasteiger partial charge in [0.05, 0.1) is 18.0 Å². The maximum Gasteiger partial charge on any atom is 0.262 e. The predicted octanol–water partition coefficient (Wildman–Crippen LogP) is 5.30. The fourth-order valence-corrected chi connectivity index (χ4v) is 4.97. The third-order valence-electron chi connectivity index (χ3n) is 5.58. The Kier molecular flexibility index (Phi) is 7.43. The molecule has 0 aliphatic heterocycles. The number of amides is 1. The van der Waals surface area contributed by atoms with E-state index >= 15 is 0 Å². The first kappa shape index (κ1) is 24.3. The van der Waals surface area contributed by atoms with Gasteiger partial charge >= 0.3 is 0 Å². The topological polar surface area (TPSA) is 84.5 Å². The largest absolute Gasteiger partial charge is 0.496 e. The first-order valence-corrected chi connectivity index (χ1v) is 12.3. The molecule has 0 aliphatic carbocycles. The van der Waals surface area contributed by atoms with Crippen LogP contribution in [0.15, 0.2) is 65.6 Å². The fourth-order valence-electron chi connectivity index (χ4n) is 3.64.